The Bertz CT molecular complexity index is 410. The molecule has 92 valence electrons. The van der Waals surface area contributed by atoms with Gasteiger partial charge in [-0.2, -0.15) is 0 Å². The Balaban J connectivity index is 2.78. The molecule has 4 heteroatoms. The molecular formula is C13H19N3O. The zero-order valence-electron chi connectivity index (χ0n) is 10.4. The summed E-state index contributed by atoms with van der Waals surface area (Å²) in [5, 5.41) is 0. The lowest BCUT2D eigenvalue weighted by atomic mass is 9.84. The van der Waals surface area contributed by atoms with Crippen molar-refractivity contribution in [2.75, 3.05) is 0 Å². The average Bonchev–Trinajstić information content (AvgIpc) is 2.27. The van der Waals surface area contributed by atoms with Crippen molar-refractivity contribution in [3.8, 4) is 0 Å². The van der Waals surface area contributed by atoms with Gasteiger partial charge in [-0.15, -0.1) is 0 Å². The van der Waals surface area contributed by atoms with Crippen molar-refractivity contribution in [2.24, 2.45) is 5.73 Å². The summed E-state index contributed by atoms with van der Waals surface area (Å²) in [6.07, 6.45) is 2.04. The molecule has 0 saturated heterocycles. The Morgan fingerprint density at radius 3 is 2.35 bits per heavy atom. The number of rotatable bonds is 4. The first-order valence-corrected chi connectivity index (χ1v) is 5.48. The highest BCUT2D eigenvalue weighted by atomic mass is 16.2. The van der Waals surface area contributed by atoms with Gasteiger partial charge in [0.25, 0.3) is 0 Å². The lowest BCUT2D eigenvalue weighted by Gasteiger charge is -2.22. The van der Waals surface area contributed by atoms with Gasteiger partial charge in [-0.05, 0) is 12.5 Å². The van der Waals surface area contributed by atoms with E-state index in [2.05, 4.69) is 36.8 Å². The van der Waals surface area contributed by atoms with Crippen molar-refractivity contribution >= 4 is 6.03 Å². The van der Waals surface area contributed by atoms with Crippen LogP contribution in [0.25, 0.3) is 0 Å². The van der Waals surface area contributed by atoms with E-state index in [0.717, 1.165) is 5.70 Å². The molecule has 4 nitrogen and oxygen atoms in total. The second-order valence-corrected chi connectivity index (χ2v) is 4.53. The smallest absolute Gasteiger partial charge is 0.330 e. The fraction of sp³-hybridized carbons (Fsp3) is 0.308. The van der Waals surface area contributed by atoms with Crippen LogP contribution in [0.2, 0.25) is 0 Å². The number of hydrogen-bond acceptors (Lipinski definition) is 2. The number of primary amides is 1. The quantitative estimate of drug-likeness (QED) is 0.697. The summed E-state index contributed by atoms with van der Waals surface area (Å²) in [5.41, 5.74) is 12.0. The van der Waals surface area contributed by atoms with Gasteiger partial charge in [0, 0.05) is 11.1 Å². The second-order valence-electron chi connectivity index (χ2n) is 4.53. The van der Waals surface area contributed by atoms with Crippen molar-refractivity contribution in [1.29, 1.82) is 0 Å². The Kier molecular flexibility index (Phi) is 4.15. The normalized spacial score (nSPS) is 12.1. The molecule has 0 radical (unpaired) electrons. The van der Waals surface area contributed by atoms with E-state index < -0.39 is 6.03 Å². The molecule has 0 atom stereocenters. The maximum absolute atomic E-state index is 10.6. The summed E-state index contributed by atoms with van der Waals surface area (Å²) in [7, 11) is 0. The van der Waals surface area contributed by atoms with E-state index in [1.807, 2.05) is 31.2 Å². The highest BCUT2D eigenvalue weighted by Crippen LogP contribution is 2.25. The Labute approximate surface area is 102 Å². The number of amides is 2. The molecule has 1 aromatic rings. The molecule has 0 unspecified atom stereocenters. The van der Waals surface area contributed by atoms with Gasteiger partial charge in [-0.3, -0.25) is 5.43 Å². The molecule has 2 amide bonds. The molecule has 0 saturated carbocycles. The van der Waals surface area contributed by atoms with E-state index in [9.17, 15) is 4.79 Å². The molecule has 0 bridgehead atoms. The van der Waals surface area contributed by atoms with Crippen LogP contribution in [0.1, 0.15) is 26.3 Å². The fourth-order valence-corrected chi connectivity index (χ4v) is 1.69. The molecule has 0 fully saturated rings. The number of nitrogens with two attached hydrogens (primary N) is 1. The topological polar surface area (TPSA) is 67.2 Å². The third-order valence-electron chi connectivity index (χ3n) is 2.48. The van der Waals surface area contributed by atoms with Crippen LogP contribution >= 0.6 is 0 Å². The van der Waals surface area contributed by atoms with Crippen molar-refractivity contribution in [1.82, 2.24) is 10.9 Å². The third-order valence-corrected chi connectivity index (χ3v) is 2.48. The number of benzene rings is 1. The van der Waals surface area contributed by atoms with E-state index >= 15 is 0 Å². The summed E-state index contributed by atoms with van der Waals surface area (Å²) in [6.45, 7) is 6.09. The molecule has 1 rings (SSSR count). The zero-order valence-corrected chi connectivity index (χ0v) is 10.4. The van der Waals surface area contributed by atoms with Gasteiger partial charge >= 0.3 is 6.03 Å². The molecule has 0 aliphatic carbocycles. The molecule has 0 spiro atoms. The summed E-state index contributed by atoms with van der Waals surface area (Å²) >= 11 is 0. The first-order valence-electron chi connectivity index (χ1n) is 5.48. The van der Waals surface area contributed by atoms with E-state index in [-0.39, 0.29) is 5.41 Å². The van der Waals surface area contributed by atoms with E-state index in [1.54, 1.807) is 0 Å². The number of nitrogens with one attached hydrogen (secondary N) is 2. The van der Waals surface area contributed by atoms with Gasteiger partial charge in [0.15, 0.2) is 0 Å². The second kappa shape index (κ2) is 5.39. The lowest BCUT2D eigenvalue weighted by Crippen LogP contribution is -2.40. The highest BCUT2D eigenvalue weighted by molar-refractivity contribution is 5.71. The molecule has 0 aliphatic heterocycles. The van der Waals surface area contributed by atoms with Gasteiger partial charge in [0.1, 0.15) is 0 Å². The summed E-state index contributed by atoms with van der Waals surface area (Å²) < 4.78 is 0. The van der Waals surface area contributed by atoms with E-state index in [1.165, 1.54) is 5.56 Å². The van der Waals surface area contributed by atoms with Crippen molar-refractivity contribution < 1.29 is 4.79 Å². The maximum atomic E-state index is 10.6. The summed E-state index contributed by atoms with van der Waals surface area (Å²) in [6, 6.07) is 9.56. The number of hydrazine groups is 1. The highest BCUT2D eigenvalue weighted by Gasteiger charge is 2.17. The van der Waals surface area contributed by atoms with E-state index in [0.29, 0.717) is 0 Å². The minimum absolute atomic E-state index is 0.113. The van der Waals surface area contributed by atoms with Crippen LogP contribution in [-0.2, 0) is 5.41 Å². The van der Waals surface area contributed by atoms with Crippen LogP contribution in [0, 0.1) is 0 Å². The van der Waals surface area contributed by atoms with Crippen LogP contribution in [-0.4, -0.2) is 6.03 Å². The molecule has 17 heavy (non-hydrogen) atoms. The van der Waals surface area contributed by atoms with Crippen LogP contribution in [0.5, 0.6) is 0 Å². The molecule has 0 aromatic heterocycles. The molecule has 0 heterocycles. The first-order chi connectivity index (χ1) is 7.92. The van der Waals surface area contributed by atoms with Crippen LogP contribution in [0.4, 0.5) is 4.79 Å². The summed E-state index contributed by atoms with van der Waals surface area (Å²) in [5.74, 6) is 0. The summed E-state index contributed by atoms with van der Waals surface area (Å²) in [4.78, 5) is 10.6. The van der Waals surface area contributed by atoms with Gasteiger partial charge in [0.05, 0.1) is 0 Å². The van der Waals surface area contributed by atoms with Crippen LogP contribution in [0.15, 0.2) is 42.1 Å². The Morgan fingerprint density at radius 2 is 1.82 bits per heavy atom. The van der Waals surface area contributed by atoms with Crippen molar-refractivity contribution in [2.45, 2.75) is 26.2 Å². The minimum atomic E-state index is -0.602. The largest absolute Gasteiger partial charge is 0.350 e. The van der Waals surface area contributed by atoms with Gasteiger partial charge in [0.2, 0.25) is 0 Å². The maximum Gasteiger partial charge on any atom is 0.330 e. The lowest BCUT2D eigenvalue weighted by molar-refractivity contribution is 0.246. The number of allylic oxidation sites excluding steroid dienone is 2. The van der Waals surface area contributed by atoms with Gasteiger partial charge in [-0.25, -0.2) is 4.79 Å². The number of hydrogen-bond donors (Lipinski definition) is 3. The minimum Gasteiger partial charge on any atom is -0.350 e. The monoisotopic (exact) mass is 233 g/mol. The molecule has 0 aliphatic rings. The molecule has 1 aromatic carbocycles. The Morgan fingerprint density at radius 1 is 1.24 bits per heavy atom. The zero-order chi connectivity index (χ0) is 12.9. The first kappa shape index (κ1) is 13.1. The van der Waals surface area contributed by atoms with Crippen LogP contribution in [0.3, 0.4) is 0 Å². The average molecular weight is 233 g/mol. The third kappa shape index (κ3) is 4.18. The number of carbonyl (C=O) groups is 1. The van der Waals surface area contributed by atoms with Gasteiger partial charge in [-0.1, -0.05) is 50.3 Å². The fourth-order valence-electron chi connectivity index (χ4n) is 1.69. The number of urea groups is 1. The molecule has 4 N–H and O–H groups in total. The van der Waals surface area contributed by atoms with Gasteiger partial charge < -0.3 is 11.2 Å². The SMILES string of the molecule is CC(=CC(C)(C)c1ccccc1)NNC(N)=O. The van der Waals surface area contributed by atoms with Crippen LogP contribution < -0.4 is 16.6 Å². The van der Waals surface area contributed by atoms with E-state index in [4.69, 9.17) is 5.73 Å². The van der Waals surface area contributed by atoms with Crippen molar-refractivity contribution in [3.05, 3.63) is 47.7 Å². The molecular weight excluding hydrogens is 214 g/mol. The van der Waals surface area contributed by atoms with Crippen molar-refractivity contribution in [3.63, 3.8) is 0 Å². The standard InChI is InChI=1S/C13H19N3O/c1-10(15-16-12(14)17)9-13(2,3)11-7-5-4-6-8-11/h4-9,15H,1-3H3,(H3,14,16,17). The predicted octanol–water partition coefficient (Wildman–Crippen LogP) is 2.04. The Hall–Kier alpha value is -1.97. The number of carbonyl (C=O) groups excluding carboxylic acids is 1. The predicted molar refractivity (Wildman–Crippen MR) is 69.1 cm³/mol.